The number of para-hydroxylation sites is 1. The third-order valence-electron chi connectivity index (χ3n) is 8.04. The van der Waals surface area contributed by atoms with Crippen molar-refractivity contribution in [2.24, 2.45) is 0 Å². The summed E-state index contributed by atoms with van der Waals surface area (Å²) in [6.07, 6.45) is 3.98. The van der Waals surface area contributed by atoms with Gasteiger partial charge in [-0.3, -0.25) is 28.8 Å². The summed E-state index contributed by atoms with van der Waals surface area (Å²) in [5, 5.41) is 11.5. The van der Waals surface area contributed by atoms with E-state index < -0.39 is 59.6 Å². The number of carbonyl (C=O) groups is 6. The highest BCUT2D eigenvalue weighted by molar-refractivity contribution is 5.97. The highest BCUT2D eigenvalue weighted by atomic mass is 16.2. The first-order valence-electron chi connectivity index (χ1n) is 14.0. The fourth-order valence-corrected chi connectivity index (χ4v) is 5.88. The Balaban J connectivity index is 1.42. The lowest BCUT2D eigenvalue weighted by atomic mass is 10.0. The van der Waals surface area contributed by atoms with Gasteiger partial charge >= 0.3 is 0 Å². The van der Waals surface area contributed by atoms with Gasteiger partial charge in [-0.1, -0.05) is 18.2 Å². The molecule has 1 aromatic heterocycles. The van der Waals surface area contributed by atoms with Crippen molar-refractivity contribution in [2.75, 3.05) is 26.2 Å². The lowest BCUT2D eigenvalue weighted by Crippen LogP contribution is -2.58. The summed E-state index contributed by atoms with van der Waals surface area (Å²) in [7, 11) is 0. The number of nitrogens with zero attached hydrogens (tertiary/aromatic N) is 2. The Morgan fingerprint density at radius 3 is 2.27 bits per heavy atom. The molecule has 3 saturated heterocycles. The van der Waals surface area contributed by atoms with Crippen molar-refractivity contribution in [3.63, 3.8) is 0 Å². The van der Waals surface area contributed by atoms with E-state index in [-0.39, 0.29) is 19.5 Å². The molecule has 0 unspecified atom stereocenters. The number of carbonyl (C=O) groups excluding carboxylic acids is 6. The van der Waals surface area contributed by atoms with E-state index >= 15 is 0 Å². The Kier molecular flexibility index (Phi) is 8.22. The number of rotatable bonds is 2. The fourth-order valence-electron chi connectivity index (χ4n) is 5.88. The highest BCUT2D eigenvalue weighted by Gasteiger charge is 2.39. The summed E-state index contributed by atoms with van der Waals surface area (Å²) in [5.41, 5.74) is 1.70. The molecule has 0 saturated carbocycles. The average Bonchev–Trinajstić information content (AvgIpc) is 3.73. The molecule has 6 amide bonds. The minimum Gasteiger partial charge on any atom is -0.361 e. The van der Waals surface area contributed by atoms with Gasteiger partial charge in [0.15, 0.2) is 0 Å². The van der Waals surface area contributed by atoms with Crippen molar-refractivity contribution in [1.82, 2.24) is 36.1 Å². The van der Waals surface area contributed by atoms with Gasteiger partial charge in [-0.25, -0.2) is 0 Å². The lowest BCUT2D eigenvalue weighted by Gasteiger charge is -2.30. The van der Waals surface area contributed by atoms with E-state index in [0.29, 0.717) is 38.8 Å². The average molecular weight is 566 g/mol. The summed E-state index contributed by atoms with van der Waals surface area (Å²) in [6.45, 7) is 1.47. The smallest absolute Gasteiger partial charge is 0.246 e. The number of hydrogen-bond donors (Lipinski definition) is 5. The van der Waals surface area contributed by atoms with Gasteiger partial charge in [-0.2, -0.15) is 0 Å². The van der Waals surface area contributed by atoms with Gasteiger partial charge in [-0.15, -0.1) is 0 Å². The number of aromatic amines is 1. The van der Waals surface area contributed by atoms with Crippen molar-refractivity contribution in [3.05, 3.63) is 36.0 Å². The predicted octanol–water partition coefficient (Wildman–Crippen LogP) is -1.07. The van der Waals surface area contributed by atoms with Crippen molar-refractivity contribution in [2.45, 2.75) is 63.2 Å². The number of hydrogen-bond acceptors (Lipinski definition) is 6. The minimum atomic E-state index is -1.00. The lowest BCUT2D eigenvalue weighted by molar-refractivity contribution is -0.142. The summed E-state index contributed by atoms with van der Waals surface area (Å²) >= 11 is 0. The van der Waals surface area contributed by atoms with Crippen LogP contribution in [0.3, 0.4) is 0 Å². The zero-order valence-electron chi connectivity index (χ0n) is 22.9. The molecular formula is C28H35N7O6. The quantitative estimate of drug-likeness (QED) is 0.310. The van der Waals surface area contributed by atoms with Gasteiger partial charge in [0.2, 0.25) is 35.4 Å². The maximum Gasteiger partial charge on any atom is 0.246 e. The zero-order valence-corrected chi connectivity index (χ0v) is 22.9. The van der Waals surface area contributed by atoms with E-state index in [1.165, 1.54) is 16.7 Å². The molecule has 13 heteroatoms. The highest BCUT2D eigenvalue weighted by Crippen LogP contribution is 2.23. The van der Waals surface area contributed by atoms with Gasteiger partial charge in [-0.05, 0) is 44.2 Å². The molecule has 0 aliphatic carbocycles. The zero-order chi connectivity index (χ0) is 29.1. The molecule has 3 aliphatic heterocycles. The molecule has 1 aromatic carbocycles. The first kappa shape index (κ1) is 28.1. The molecule has 3 aliphatic rings. The predicted molar refractivity (Wildman–Crippen MR) is 147 cm³/mol. The third kappa shape index (κ3) is 6.03. The molecule has 13 nitrogen and oxygen atoms in total. The van der Waals surface area contributed by atoms with Crippen LogP contribution in [0.15, 0.2) is 30.5 Å². The van der Waals surface area contributed by atoms with Gasteiger partial charge in [0.05, 0.1) is 13.1 Å². The topological polar surface area (TPSA) is 173 Å². The fraction of sp³-hybridized carbons (Fsp3) is 0.500. The Bertz CT molecular complexity index is 1370. The third-order valence-corrected chi connectivity index (χ3v) is 8.04. The van der Waals surface area contributed by atoms with E-state index in [9.17, 15) is 28.8 Å². The van der Waals surface area contributed by atoms with E-state index in [0.717, 1.165) is 16.5 Å². The largest absolute Gasteiger partial charge is 0.361 e. The normalized spacial score (nSPS) is 27.0. The van der Waals surface area contributed by atoms with Crippen molar-refractivity contribution < 1.29 is 28.8 Å². The number of amides is 6. The van der Waals surface area contributed by atoms with Crippen LogP contribution in [0.25, 0.3) is 10.9 Å². The molecule has 3 fully saturated rings. The van der Waals surface area contributed by atoms with Gasteiger partial charge < -0.3 is 36.1 Å². The van der Waals surface area contributed by atoms with Crippen LogP contribution in [0, 0.1) is 0 Å². The van der Waals surface area contributed by atoms with Crippen molar-refractivity contribution in [1.29, 1.82) is 0 Å². The van der Waals surface area contributed by atoms with Crippen LogP contribution in [0.4, 0.5) is 0 Å². The number of benzene rings is 1. The maximum atomic E-state index is 13.9. The molecule has 2 aromatic rings. The molecule has 218 valence electrons. The Morgan fingerprint density at radius 1 is 0.805 bits per heavy atom. The molecule has 41 heavy (non-hydrogen) atoms. The van der Waals surface area contributed by atoms with Crippen LogP contribution in [-0.4, -0.2) is 101 Å². The molecule has 5 N–H and O–H groups in total. The molecule has 0 spiro atoms. The van der Waals surface area contributed by atoms with Gasteiger partial charge in [0.25, 0.3) is 0 Å². The summed E-state index contributed by atoms with van der Waals surface area (Å²) in [4.78, 5) is 84.6. The Hall–Kier alpha value is -4.42. The summed E-state index contributed by atoms with van der Waals surface area (Å²) < 4.78 is 0. The summed E-state index contributed by atoms with van der Waals surface area (Å²) in [6, 6.07) is 4.07. The molecule has 0 radical (unpaired) electrons. The SMILES string of the molecule is C[C@@H]1NC(=O)[C@@H]2CCCN2C(=O)[C@H](Cc2c[nH]c3ccccc23)NC(=O)CNC(=O)[C@@H]2CCCN2C(=O)CNC1=O. The molecule has 4 atom stereocenters. The van der Waals surface area contributed by atoms with Crippen LogP contribution in [0.2, 0.25) is 0 Å². The van der Waals surface area contributed by atoms with Crippen LogP contribution in [0.1, 0.15) is 38.2 Å². The second kappa shape index (κ2) is 12.0. The van der Waals surface area contributed by atoms with Crippen LogP contribution in [0.5, 0.6) is 0 Å². The van der Waals surface area contributed by atoms with Crippen molar-refractivity contribution in [3.8, 4) is 0 Å². The number of nitrogens with one attached hydrogen (secondary N) is 5. The Labute approximate surface area is 236 Å². The minimum absolute atomic E-state index is 0.164. The number of fused-ring (bicyclic) bond motifs is 3. The standard InChI is InChI=1S/C28H35N7O6/c1-16-25(38)31-15-24(37)34-10-4-8-21(34)26(39)30-14-23(36)33-20(12-17-13-29-19-7-3-2-6-18(17)19)28(41)35-11-5-9-22(35)27(40)32-16/h2-3,6-7,13,16,20-22,29H,4-5,8-12,14-15H2,1H3,(H,30,39)(H,31,38)(H,32,40)(H,33,36)/t16-,20-,21-,22-/m0/s1. The van der Waals surface area contributed by atoms with E-state index in [2.05, 4.69) is 26.3 Å². The van der Waals surface area contributed by atoms with Gasteiger partial charge in [0, 0.05) is 36.6 Å². The van der Waals surface area contributed by atoms with Crippen LogP contribution < -0.4 is 21.3 Å². The molecule has 0 bridgehead atoms. The molecule has 5 rings (SSSR count). The van der Waals surface area contributed by atoms with Crippen LogP contribution >= 0.6 is 0 Å². The molecular weight excluding hydrogens is 530 g/mol. The van der Waals surface area contributed by atoms with Crippen molar-refractivity contribution >= 4 is 46.3 Å². The second-order valence-electron chi connectivity index (χ2n) is 10.8. The van der Waals surface area contributed by atoms with Gasteiger partial charge in [0.1, 0.15) is 24.2 Å². The van der Waals surface area contributed by atoms with E-state index in [1.807, 2.05) is 24.3 Å². The number of aromatic nitrogens is 1. The monoisotopic (exact) mass is 565 g/mol. The Morgan fingerprint density at radius 2 is 1.49 bits per heavy atom. The van der Waals surface area contributed by atoms with E-state index in [4.69, 9.17) is 0 Å². The summed E-state index contributed by atoms with van der Waals surface area (Å²) in [5.74, 6) is -2.90. The second-order valence-corrected chi connectivity index (χ2v) is 10.8. The first-order valence-corrected chi connectivity index (χ1v) is 14.0. The van der Waals surface area contributed by atoms with Crippen LogP contribution in [-0.2, 0) is 35.2 Å². The maximum absolute atomic E-state index is 13.9. The number of H-pyrrole nitrogens is 1. The van der Waals surface area contributed by atoms with E-state index in [1.54, 1.807) is 6.20 Å². The molecule has 4 heterocycles. The first-order chi connectivity index (χ1) is 19.7.